The Hall–Kier alpha value is 0.120. The number of carbonyl (C=O) groups is 1. The zero-order valence-corrected chi connectivity index (χ0v) is 9.53. The lowest BCUT2D eigenvalue weighted by molar-refractivity contribution is -0.145. The van der Waals surface area contributed by atoms with Crippen LogP contribution in [0, 0.1) is 0 Å². The second-order valence-electron chi connectivity index (χ2n) is 2.16. The largest absolute Gasteiger partial charge is 0.465 e. The molecule has 0 rings (SSSR count). The summed E-state index contributed by atoms with van der Waals surface area (Å²) >= 11 is 2.11. The highest BCUT2D eigenvalue weighted by Gasteiger charge is 2.18. The number of hydrogen-bond donors (Lipinski definition) is 0. The van der Waals surface area contributed by atoms with Gasteiger partial charge in [0.05, 0.1) is 3.92 Å². The molecule has 0 amide bonds. The lowest BCUT2D eigenvalue weighted by Crippen LogP contribution is -2.29. The Bertz CT molecular complexity index is 135. The predicted octanol–water partition coefficient (Wildman–Crippen LogP) is 0.972. The smallest absolute Gasteiger partial charge is 0.302 e. The van der Waals surface area contributed by atoms with Crippen LogP contribution in [0.3, 0.4) is 0 Å². The summed E-state index contributed by atoms with van der Waals surface area (Å²) in [6.07, 6.45) is -0.329. The van der Waals surface area contributed by atoms with Gasteiger partial charge in [0, 0.05) is 21.1 Å². The van der Waals surface area contributed by atoms with Gasteiger partial charge in [-0.2, -0.15) is 0 Å². The van der Waals surface area contributed by atoms with Gasteiger partial charge in [-0.1, -0.05) is 22.6 Å². The maximum atomic E-state index is 10.4. The van der Waals surface area contributed by atoms with Gasteiger partial charge in [0.2, 0.25) is 0 Å². The predicted molar refractivity (Wildman–Crippen MR) is 52.2 cm³/mol. The number of esters is 1. The first-order valence-corrected chi connectivity index (χ1v) is 4.69. The fourth-order valence-electron chi connectivity index (χ4n) is 0.667. The van der Waals surface area contributed by atoms with E-state index in [1.54, 1.807) is 14.2 Å². The summed E-state index contributed by atoms with van der Waals surface area (Å²) in [5.41, 5.74) is 0. The molecule has 0 heterocycles. The number of methoxy groups -OCH3 is 2. The first-order valence-electron chi connectivity index (χ1n) is 3.44. The van der Waals surface area contributed by atoms with E-state index >= 15 is 0 Å². The summed E-state index contributed by atoms with van der Waals surface area (Å²) in [5.74, 6) is -0.289. The normalized spacial score (nSPS) is 13.1. The molecule has 0 aliphatic heterocycles. The average Bonchev–Trinajstić information content (AvgIpc) is 2.03. The standard InChI is InChI=1S/C7H13IO4/c1-5(9)12-4-6(8)7(10-2)11-3/h6-7H,4H2,1-3H3. The molecule has 0 saturated heterocycles. The van der Waals surface area contributed by atoms with Crippen molar-refractivity contribution in [1.82, 2.24) is 0 Å². The molecule has 0 aromatic carbocycles. The van der Waals surface area contributed by atoms with Crippen molar-refractivity contribution in [2.24, 2.45) is 0 Å². The molecule has 0 saturated carbocycles. The van der Waals surface area contributed by atoms with Crippen molar-refractivity contribution in [3.8, 4) is 0 Å². The lowest BCUT2D eigenvalue weighted by atomic mass is 10.4. The third-order valence-electron chi connectivity index (χ3n) is 1.21. The summed E-state index contributed by atoms with van der Waals surface area (Å²) in [5, 5.41) is 0. The molecule has 5 heteroatoms. The van der Waals surface area contributed by atoms with Gasteiger partial charge in [-0.05, 0) is 0 Å². The molecule has 0 aromatic heterocycles. The molecule has 0 aliphatic carbocycles. The van der Waals surface area contributed by atoms with E-state index in [1.165, 1.54) is 6.92 Å². The maximum Gasteiger partial charge on any atom is 0.302 e. The minimum absolute atomic E-state index is 0.0153. The van der Waals surface area contributed by atoms with Crippen molar-refractivity contribution < 1.29 is 19.0 Å². The van der Waals surface area contributed by atoms with E-state index in [9.17, 15) is 4.79 Å². The van der Waals surface area contributed by atoms with Crippen LogP contribution >= 0.6 is 22.6 Å². The molecule has 12 heavy (non-hydrogen) atoms. The van der Waals surface area contributed by atoms with Gasteiger partial charge in [0.1, 0.15) is 6.61 Å². The minimum atomic E-state index is -0.329. The fourth-order valence-corrected chi connectivity index (χ4v) is 1.43. The topological polar surface area (TPSA) is 44.8 Å². The number of carbonyl (C=O) groups excluding carboxylic acids is 1. The van der Waals surface area contributed by atoms with Crippen molar-refractivity contribution in [3.05, 3.63) is 0 Å². The summed E-state index contributed by atoms with van der Waals surface area (Å²) in [4.78, 5) is 10.4. The third-order valence-corrected chi connectivity index (χ3v) is 2.15. The Kier molecular flexibility index (Phi) is 6.68. The van der Waals surface area contributed by atoms with Gasteiger partial charge < -0.3 is 14.2 Å². The second kappa shape index (κ2) is 6.62. The molecule has 0 aliphatic rings. The summed E-state index contributed by atoms with van der Waals surface area (Å²) in [6, 6.07) is 0. The van der Waals surface area contributed by atoms with Gasteiger partial charge in [-0.15, -0.1) is 0 Å². The SMILES string of the molecule is COC(OC)C(I)COC(C)=O. The number of hydrogen-bond acceptors (Lipinski definition) is 4. The van der Waals surface area contributed by atoms with Gasteiger partial charge in [-0.3, -0.25) is 4.79 Å². The molecule has 4 nitrogen and oxygen atoms in total. The van der Waals surface area contributed by atoms with E-state index < -0.39 is 0 Å². The van der Waals surface area contributed by atoms with Crippen LogP contribution in [0.2, 0.25) is 0 Å². The average molecular weight is 288 g/mol. The van der Waals surface area contributed by atoms with Gasteiger partial charge in [0.25, 0.3) is 0 Å². The third kappa shape index (κ3) is 4.89. The molecule has 1 atom stereocenters. The molecule has 72 valence electrons. The Balaban J connectivity index is 3.68. The minimum Gasteiger partial charge on any atom is -0.465 e. The Labute approximate surface area is 85.7 Å². The van der Waals surface area contributed by atoms with Gasteiger partial charge >= 0.3 is 5.97 Å². The van der Waals surface area contributed by atoms with Crippen molar-refractivity contribution in [3.63, 3.8) is 0 Å². The number of halogens is 1. The van der Waals surface area contributed by atoms with Crippen molar-refractivity contribution in [1.29, 1.82) is 0 Å². The molecular weight excluding hydrogens is 275 g/mol. The van der Waals surface area contributed by atoms with E-state index in [2.05, 4.69) is 22.6 Å². The first-order chi connectivity index (χ1) is 5.61. The highest BCUT2D eigenvalue weighted by atomic mass is 127. The van der Waals surface area contributed by atoms with Crippen LogP contribution in [-0.2, 0) is 19.0 Å². The Morgan fingerprint density at radius 3 is 2.25 bits per heavy atom. The fraction of sp³-hybridized carbons (Fsp3) is 0.857. The first kappa shape index (κ1) is 12.1. The van der Waals surface area contributed by atoms with E-state index in [0.717, 1.165) is 0 Å². The monoisotopic (exact) mass is 288 g/mol. The molecule has 0 N–H and O–H groups in total. The molecular formula is C7H13IO4. The van der Waals surface area contributed by atoms with Crippen LogP contribution in [0.4, 0.5) is 0 Å². The highest BCUT2D eigenvalue weighted by molar-refractivity contribution is 14.1. The van der Waals surface area contributed by atoms with Crippen LogP contribution in [0.5, 0.6) is 0 Å². The quantitative estimate of drug-likeness (QED) is 0.327. The van der Waals surface area contributed by atoms with Crippen molar-refractivity contribution in [2.45, 2.75) is 17.1 Å². The van der Waals surface area contributed by atoms with Crippen molar-refractivity contribution in [2.75, 3.05) is 20.8 Å². The van der Waals surface area contributed by atoms with Crippen LogP contribution in [0.25, 0.3) is 0 Å². The van der Waals surface area contributed by atoms with Crippen LogP contribution in [0.15, 0.2) is 0 Å². The number of ether oxygens (including phenoxy) is 3. The molecule has 0 radical (unpaired) electrons. The number of alkyl halides is 1. The maximum absolute atomic E-state index is 10.4. The van der Waals surface area contributed by atoms with Crippen LogP contribution in [-0.4, -0.2) is 37.0 Å². The van der Waals surface area contributed by atoms with Gasteiger partial charge in [-0.25, -0.2) is 0 Å². The summed E-state index contributed by atoms with van der Waals surface area (Å²) in [6.45, 7) is 1.68. The molecule has 0 fully saturated rings. The second-order valence-corrected chi connectivity index (χ2v) is 3.76. The van der Waals surface area contributed by atoms with Crippen LogP contribution < -0.4 is 0 Å². The van der Waals surface area contributed by atoms with Gasteiger partial charge in [0.15, 0.2) is 6.29 Å². The zero-order valence-electron chi connectivity index (χ0n) is 7.37. The van der Waals surface area contributed by atoms with E-state index in [-0.39, 0.29) is 16.2 Å². The highest BCUT2D eigenvalue weighted by Crippen LogP contribution is 2.10. The molecule has 1 unspecified atom stereocenters. The molecule has 0 aromatic rings. The number of rotatable bonds is 5. The van der Waals surface area contributed by atoms with E-state index in [0.29, 0.717) is 6.61 Å². The van der Waals surface area contributed by atoms with Crippen molar-refractivity contribution >= 4 is 28.6 Å². The lowest BCUT2D eigenvalue weighted by Gasteiger charge is -2.18. The Morgan fingerprint density at radius 1 is 1.42 bits per heavy atom. The zero-order chi connectivity index (χ0) is 9.56. The molecule has 0 spiro atoms. The van der Waals surface area contributed by atoms with E-state index in [1.807, 2.05) is 0 Å². The summed E-state index contributed by atoms with van der Waals surface area (Å²) < 4.78 is 14.7. The van der Waals surface area contributed by atoms with E-state index in [4.69, 9.17) is 14.2 Å². The summed E-state index contributed by atoms with van der Waals surface area (Å²) in [7, 11) is 3.10. The Morgan fingerprint density at radius 2 is 1.92 bits per heavy atom. The molecule has 0 bridgehead atoms. The van der Waals surface area contributed by atoms with Crippen LogP contribution in [0.1, 0.15) is 6.92 Å².